The summed E-state index contributed by atoms with van der Waals surface area (Å²) in [6, 6.07) is -21.1. The van der Waals surface area contributed by atoms with Gasteiger partial charge < -0.3 is 4.42 Å². The maximum atomic E-state index is 9.39. The lowest BCUT2D eigenvalue weighted by atomic mass is 9.84. The lowest BCUT2D eigenvalue weighted by Crippen LogP contribution is -1.92. The molecule has 0 saturated heterocycles. The molecule has 0 amide bonds. The topological polar surface area (TPSA) is 13.1 Å². The Morgan fingerprint density at radius 3 is 1.67 bits per heavy atom. The van der Waals surface area contributed by atoms with Crippen LogP contribution in [0.3, 0.4) is 0 Å². The Balaban J connectivity index is 1.77. The van der Waals surface area contributed by atoms with Crippen molar-refractivity contribution in [2.75, 3.05) is 0 Å². The van der Waals surface area contributed by atoms with E-state index in [0.717, 1.165) is 0 Å². The minimum atomic E-state index is -1.02. The van der Waals surface area contributed by atoms with Crippen molar-refractivity contribution in [3.8, 4) is 33.4 Å². The van der Waals surface area contributed by atoms with Crippen LogP contribution in [0, 0.1) is 0 Å². The van der Waals surface area contributed by atoms with E-state index in [1.165, 1.54) is 0 Å². The summed E-state index contributed by atoms with van der Waals surface area (Å²) < 4.78 is 218. The second-order valence-corrected chi connectivity index (χ2v) is 8.28. The van der Waals surface area contributed by atoms with Crippen LogP contribution in [0.1, 0.15) is 32.9 Å². The zero-order valence-corrected chi connectivity index (χ0v) is 19.4. The average Bonchev–Trinajstić information content (AvgIpc) is 3.56. The quantitative estimate of drug-likeness (QED) is 0.211. The van der Waals surface area contributed by atoms with Gasteiger partial charge in [0.25, 0.3) is 0 Å². The second-order valence-electron chi connectivity index (χ2n) is 8.28. The summed E-state index contributed by atoms with van der Waals surface area (Å²) in [5, 5.41) is -4.57. The molecule has 0 bridgehead atoms. The molecule has 8 aromatic rings. The third-order valence-corrected chi connectivity index (χ3v) is 6.23. The maximum Gasteiger partial charge on any atom is 0.134 e. The Labute approximate surface area is 260 Å². The molecule has 0 aliphatic heterocycles. The number of benzene rings is 7. The van der Waals surface area contributed by atoms with Gasteiger partial charge in [-0.25, -0.2) is 0 Å². The van der Waals surface area contributed by atoms with Crippen LogP contribution in [0.5, 0.6) is 0 Å². The van der Waals surface area contributed by atoms with Crippen molar-refractivity contribution in [1.82, 2.24) is 0 Å². The normalized spacial score (nSPS) is 20.2. The van der Waals surface area contributed by atoms with Crippen LogP contribution in [-0.2, 0) is 0 Å². The Morgan fingerprint density at radius 1 is 0.410 bits per heavy atom. The van der Waals surface area contributed by atoms with E-state index in [4.69, 9.17) is 29.1 Å². The molecule has 1 heteroatoms. The van der Waals surface area contributed by atoms with Crippen LogP contribution in [0.4, 0.5) is 0 Å². The molecule has 1 heterocycles. The number of hydrogen-bond acceptors (Lipinski definition) is 1. The van der Waals surface area contributed by atoms with Crippen molar-refractivity contribution in [1.29, 1.82) is 0 Å². The minimum absolute atomic E-state index is 0.417. The van der Waals surface area contributed by atoms with Gasteiger partial charge in [-0.1, -0.05) is 127 Å². The van der Waals surface area contributed by atoms with E-state index in [9.17, 15) is 8.22 Å². The van der Waals surface area contributed by atoms with E-state index >= 15 is 0 Å². The van der Waals surface area contributed by atoms with Gasteiger partial charge in [-0.3, -0.25) is 0 Å². The first-order chi connectivity index (χ1) is 29.3. The van der Waals surface area contributed by atoms with Crippen LogP contribution in [0.2, 0.25) is 0 Å². The molecular weight excluding hydrogens is 472 g/mol. The van der Waals surface area contributed by atoms with Gasteiger partial charge in [0, 0.05) is 5.39 Å². The average molecular weight is 521 g/mol. The zero-order valence-electron chi connectivity index (χ0n) is 43.4. The number of hydrogen-bond donors (Lipinski definition) is 0. The van der Waals surface area contributed by atoms with Gasteiger partial charge in [0.15, 0.2) is 0 Å². The van der Waals surface area contributed by atoms with E-state index < -0.39 is 222 Å². The predicted octanol–water partition coefficient (Wildman–Crippen LogP) is 10.9. The highest BCUT2D eigenvalue weighted by atomic mass is 16.3. The van der Waals surface area contributed by atoms with E-state index in [1.54, 1.807) is 0 Å². The lowest BCUT2D eigenvalue weighted by molar-refractivity contribution is 0.616. The van der Waals surface area contributed by atoms with Gasteiger partial charge in [-0.15, -0.1) is 0 Å². The largest absolute Gasteiger partial charge is 0.464 e. The predicted molar refractivity (Wildman–Crippen MR) is 165 cm³/mol. The molecular formula is C38H24O. The Morgan fingerprint density at radius 2 is 0.974 bits per heavy atom. The molecule has 0 N–H and O–H groups in total. The molecule has 39 heavy (non-hydrogen) atoms. The highest BCUT2D eigenvalue weighted by molar-refractivity contribution is 6.24. The van der Waals surface area contributed by atoms with Gasteiger partial charge in [-0.2, -0.15) is 0 Å². The standard InChI is InChI=1S/C38H24O/c1-2-10-26(11-3-1)37-32-12-4-6-14-34(32)38(35-15-7-5-13-33(35)37)31-19-9-17-29-28(16-8-18-30(29)31)27-21-20-25-22-23-39-36(25)24-27/h1-24H/i1D,2D,3D,4D,5D,6D,7D,8D,9D,10D,11D,12D,13D,14D,15D,16D,17D,18D,19D,20D,21D,22D,23D,24D. The number of fused-ring (bicyclic) bond motifs is 4. The highest BCUT2D eigenvalue weighted by Gasteiger charge is 2.18. The Hall–Kier alpha value is -5.14. The van der Waals surface area contributed by atoms with Crippen LogP contribution in [0.25, 0.3) is 76.7 Å². The molecule has 1 nitrogen and oxygen atoms in total. The van der Waals surface area contributed by atoms with Crippen molar-refractivity contribution in [3.05, 3.63) is 145 Å². The van der Waals surface area contributed by atoms with Crippen molar-refractivity contribution >= 4 is 43.3 Å². The van der Waals surface area contributed by atoms with Crippen LogP contribution >= 0.6 is 0 Å². The first-order valence-electron chi connectivity index (χ1n) is 23.4. The molecule has 182 valence electrons. The summed E-state index contributed by atoms with van der Waals surface area (Å²) in [4.78, 5) is 0. The molecule has 0 atom stereocenters. The fraction of sp³-hybridized carbons (Fsp3) is 0. The molecule has 0 radical (unpaired) electrons. The fourth-order valence-electron chi connectivity index (χ4n) is 4.62. The molecule has 8 rings (SSSR count). The molecule has 0 aliphatic rings. The van der Waals surface area contributed by atoms with Gasteiger partial charge in [-0.05, 0) is 77.8 Å². The highest BCUT2D eigenvalue weighted by Crippen LogP contribution is 2.46. The second kappa shape index (κ2) is 8.72. The van der Waals surface area contributed by atoms with Crippen LogP contribution in [-0.4, -0.2) is 0 Å². The zero-order chi connectivity index (χ0) is 46.6. The van der Waals surface area contributed by atoms with Gasteiger partial charge in [0.05, 0.1) is 37.8 Å². The lowest BCUT2D eigenvalue weighted by Gasteiger charge is -2.19. The summed E-state index contributed by atoms with van der Waals surface area (Å²) in [7, 11) is 0. The minimum Gasteiger partial charge on any atom is -0.464 e. The first-order valence-corrected chi connectivity index (χ1v) is 11.4. The van der Waals surface area contributed by atoms with Crippen molar-refractivity contribution in [2.24, 2.45) is 0 Å². The fourth-order valence-corrected chi connectivity index (χ4v) is 4.62. The Bertz CT molecular complexity index is 3390. The van der Waals surface area contributed by atoms with Gasteiger partial charge in [0.1, 0.15) is 6.95 Å². The van der Waals surface area contributed by atoms with E-state index in [0.29, 0.717) is 0 Å². The molecule has 1 aromatic heterocycles. The maximum absolute atomic E-state index is 9.39. The third kappa shape index (κ3) is 3.41. The molecule has 0 unspecified atom stereocenters. The SMILES string of the molecule is [2H]c1oc2c([2H])c(-c3c([2H])c([2H])c([2H])c4c(-c5c6c([2H])c([2H])c([2H])c([2H])c6c(-c6c([2H])c([2H])c([2H])c([2H])c6[2H])c6c([2H])c([2H])c([2H])c([2H])c56)c([2H])c([2H])c([2H])c34)c([2H])c([2H])c2c1[2H]. The molecule has 0 saturated carbocycles. The Kier molecular flexibility index (Phi) is 1.94. The van der Waals surface area contributed by atoms with Crippen molar-refractivity contribution < 1.29 is 37.3 Å². The number of furan rings is 1. The van der Waals surface area contributed by atoms with Crippen molar-refractivity contribution in [3.63, 3.8) is 0 Å². The first kappa shape index (κ1) is 8.69. The molecule has 0 spiro atoms. The third-order valence-electron chi connectivity index (χ3n) is 6.23. The summed E-state index contributed by atoms with van der Waals surface area (Å²) in [5.74, 6) is 0. The van der Waals surface area contributed by atoms with E-state index in [2.05, 4.69) is 0 Å². The molecule has 7 aromatic carbocycles. The van der Waals surface area contributed by atoms with E-state index in [1.807, 2.05) is 0 Å². The van der Waals surface area contributed by atoms with Crippen molar-refractivity contribution in [2.45, 2.75) is 0 Å². The summed E-state index contributed by atoms with van der Waals surface area (Å²) in [6.45, 7) is 0. The summed E-state index contributed by atoms with van der Waals surface area (Å²) in [5.41, 5.74) is -4.78. The van der Waals surface area contributed by atoms with E-state index in [-0.39, 0.29) is 0 Å². The van der Waals surface area contributed by atoms with Crippen LogP contribution < -0.4 is 0 Å². The van der Waals surface area contributed by atoms with Gasteiger partial charge >= 0.3 is 0 Å². The smallest absolute Gasteiger partial charge is 0.134 e. The molecule has 0 fully saturated rings. The number of rotatable bonds is 3. The summed E-state index contributed by atoms with van der Waals surface area (Å²) >= 11 is 0. The van der Waals surface area contributed by atoms with Gasteiger partial charge in [0.2, 0.25) is 0 Å². The monoisotopic (exact) mass is 520 g/mol. The molecule has 0 aliphatic carbocycles. The summed E-state index contributed by atoms with van der Waals surface area (Å²) in [6.07, 6.45) is -0.780. The van der Waals surface area contributed by atoms with Crippen LogP contribution in [0.15, 0.2) is 150 Å².